The maximum absolute atomic E-state index is 12.6. The van der Waals surface area contributed by atoms with Gasteiger partial charge in [-0.3, -0.25) is 0 Å². The van der Waals surface area contributed by atoms with Crippen LogP contribution >= 0.6 is 0 Å². The van der Waals surface area contributed by atoms with Gasteiger partial charge in [0.25, 0.3) is 0 Å². The van der Waals surface area contributed by atoms with Gasteiger partial charge in [0.2, 0.25) is 5.75 Å². The molecule has 292 valence electrons. The number of hydrogen-bond acceptors (Lipinski definition) is 13. The molecule has 13 nitrogen and oxygen atoms in total. The van der Waals surface area contributed by atoms with Crippen molar-refractivity contribution in [1.82, 2.24) is 0 Å². The van der Waals surface area contributed by atoms with Gasteiger partial charge in [-0.1, -0.05) is 13.8 Å². The van der Waals surface area contributed by atoms with Gasteiger partial charge in [-0.2, -0.15) is 0 Å². The van der Waals surface area contributed by atoms with E-state index < -0.39 is 48.9 Å². The molecule has 13 unspecified atom stereocenters. The molecule has 53 heavy (non-hydrogen) atoms. The fraction of sp³-hybridized carbons (Fsp3) is 0.700. The summed E-state index contributed by atoms with van der Waals surface area (Å²) in [5, 5.41) is 54.9. The van der Waals surface area contributed by atoms with Crippen LogP contribution in [-0.2, 0) is 28.5 Å². The van der Waals surface area contributed by atoms with E-state index in [1.807, 2.05) is 0 Å². The van der Waals surface area contributed by atoms with Crippen LogP contribution in [0.2, 0.25) is 0 Å². The number of esters is 2. The van der Waals surface area contributed by atoms with Crippen LogP contribution in [0.25, 0.3) is 6.08 Å². The maximum Gasteiger partial charge on any atom is 0.331 e. The quantitative estimate of drug-likeness (QED) is 0.141. The van der Waals surface area contributed by atoms with Gasteiger partial charge in [-0.15, -0.1) is 0 Å². The highest BCUT2D eigenvalue weighted by atomic mass is 16.7. The van der Waals surface area contributed by atoms with Crippen LogP contribution in [0, 0.1) is 34.5 Å². The number of carbonyl (C=O) groups is 2. The summed E-state index contributed by atoms with van der Waals surface area (Å²) in [5.41, 5.74) is 0.439. The Morgan fingerprint density at radius 1 is 0.943 bits per heavy atom. The molecule has 5 fully saturated rings. The zero-order valence-electron chi connectivity index (χ0n) is 30.9. The van der Waals surface area contributed by atoms with Crippen LogP contribution in [0.1, 0.15) is 77.2 Å². The van der Waals surface area contributed by atoms with E-state index in [9.17, 15) is 35.1 Å². The van der Waals surface area contributed by atoms with Crippen molar-refractivity contribution >= 4 is 18.0 Å². The minimum Gasteiger partial charge on any atom is -0.502 e. The number of aliphatic hydroxyl groups is 4. The number of cyclic esters (lactones) is 1. The number of phenols is 1. The first-order valence-electron chi connectivity index (χ1n) is 19.0. The van der Waals surface area contributed by atoms with Crippen molar-refractivity contribution in [3.8, 4) is 17.2 Å². The molecule has 2 aliphatic heterocycles. The van der Waals surface area contributed by atoms with E-state index in [2.05, 4.69) is 13.8 Å². The van der Waals surface area contributed by atoms with E-state index in [0.29, 0.717) is 30.4 Å². The molecule has 13 heteroatoms. The van der Waals surface area contributed by atoms with Crippen LogP contribution in [0.3, 0.4) is 0 Å². The SMILES string of the molecule is COc1cc(C=CC(=O)OCC2OC(OC3CCC4(C)C(CCC5C4CCC4(C)C(C6=CC(=O)OC6)CCC54O)C3)C(O)C(O)C2O)cc(OC)c1O. The highest BCUT2D eigenvalue weighted by Gasteiger charge is 2.67. The molecule has 1 aromatic carbocycles. The average Bonchev–Trinajstić information content (AvgIpc) is 3.69. The number of phenolic OH excluding ortho intramolecular Hbond substituents is 1. The van der Waals surface area contributed by atoms with Gasteiger partial charge in [0.15, 0.2) is 17.8 Å². The summed E-state index contributed by atoms with van der Waals surface area (Å²) < 4.78 is 33.2. The molecule has 13 atom stereocenters. The normalized spacial score (nSPS) is 42.3. The first-order chi connectivity index (χ1) is 25.2. The number of ether oxygens (including phenoxy) is 6. The van der Waals surface area contributed by atoms with E-state index in [-0.39, 0.29) is 52.0 Å². The van der Waals surface area contributed by atoms with Gasteiger partial charge >= 0.3 is 11.9 Å². The molecule has 0 amide bonds. The molecule has 5 N–H and O–H groups in total. The monoisotopic (exact) mass is 742 g/mol. The van der Waals surface area contributed by atoms with Crippen molar-refractivity contribution < 1.29 is 63.5 Å². The number of rotatable bonds is 9. The summed E-state index contributed by atoms with van der Waals surface area (Å²) in [6, 6.07) is 3.03. The second kappa shape index (κ2) is 14.5. The van der Waals surface area contributed by atoms with Crippen molar-refractivity contribution in [1.29, 1.82) is 0 Å². The molecule has 0 bridgehead atoms. The van der Waals surface area contributed by atoms with Crippen molar-refractivity contribution in [2.75, 3.05) is 27.4 Å². The van der Waals surface area contributed by atoms with Gasteiger partial charge in [-0.25, -0.2) is 9.59 Å². The fourth-order valence-electron chi connectivity index (χ4n) is 11.2. The molecule has 1 saturated heterocycles. The summed E-state index contributed by atoms with van der Waals surface area (Å²) >= 11 is 0. The Hall–Kier alpha value is -3.20. The summed E-state index contributed by atoms with van der Waals surface area (Å²) in [6.07, 6.45) is 4.71. The van der Waals surface area contributed by atoms with Crippen LogP contribution in [-0.4, -0.2) is 107 Å². The van der Waals surface area contributed by atoms with E-state index in [1.54, 1.807) is 6.08 Å². The third-order valence-corrected chi connectivity index (χ3v) is 14.2. The van der Waals surface area contributed by atoms with Crippen LogP contribution in [0.5, 0.6) is 17.2 Å². The molecule has 0 spiro atoms. The zero-order valence-corrected chi connectivity index (χ0v) is 30.9. The highest BCUT2D eigenvalue weighted by Crippen LogP contribution is 2.70. The van der Waals surface area contributed by atoms with E-state index in [4.69, 9.17) is 28.4 Å². The standard InChI is InChI=1S/C40H54O13/c1-38-12-9-24(18-23(38)6-7-27-26(38)10-13-39(2)25(11-14-40(27,39)47)22-17-32(42)50-19-22)52-37-36(46)35(45)34(44)30(53-37)20-51-31(41)8-5-21-15-28(48-3)33(43)29(16-21)49-4/h5,8,15-17,23-27,30,34-37,43-47H,6-7,9-14,18-20H2,1-4H3. The lowest BCUT2D eigenvalue weighted by molar-refractivity contribution is -0.317. The zero-order chi connectivity index (χ0) is 37.9. The first kappa shape index (κ1) is 38.1. The third-order valence-electron chi connectivity index (χ3n) is 14.2. The van der Waals surface area contributed by atoms with Crippen LogP contribution in [0.4, 0.5) is 0 Å². The number of aliphatic hydroxyl groups excluding tert-OH is 3. The fourth-order valence-corrected chi connectivity index (χ4v) is 11.2. The first-order valence-corrected chi connectivity index (χ1v) is 19.0. The predicted molar refractivity (Wildman–Crippen MR) is 188 cm³/mol. The summed E-state index contributed by atoms with van der Waals surface area (Å²) in [4.78, 5) is 24.5. The highest BCUT2D eigenvalue weighted by molar-refractivity contribution is 5.87. The summed E-state index contributed by atoms with van der Waals surface area (Å²) in [5.74, 6) is 0.144. The third kappa shape index (κ3) is 6.54. The number of benzene rings is 1. The molecule has 0 radical (unpaired) electrons. The number of hydrogen-bond donors (Lipinski definition) is 5. The van der Waals surface area contributed by atoms with Crippen LogP contribution < -0.4 is 9.47 Å². The topological polar surface area (TPSA) is 191 Å². The Bertz CT molecular complexity index is 1600. The van der Waals surface area contributed by atoms with E-state index in [0.717, 1.165) is 63.0 Å². The van der Waals surface area contributed by atoms with Gasteiger partial charge in [-0.05, 0) is 116 Å². The largest absolute Gasteiger partial charge is 0.502 e. The molecule has 0 aromatic heterocycles. The Balaban J connectivity index is 0.959. The molecule has 6 aliphatic rings. The second-order valence-corrected chi connectivity index (χ2v) is 16.6. The Labute approximate surface area is 309 Å². The van der Waals surface area contributed by atoms with E-state index in [1.165, 1.54) is 32.4 Å². The van der Waals surface area contributed by atoms with Gasteiger partial charge in [0.1, 0.15) is 37.6 Å². The number of carbonyl (C=O) groups excluding carboxylic acids is 2. The molecule has 2 heterocycles. The van der Waals surface area contributed by atoms with Crippen molar-refractivity contribution in [3.05, 3.63) is 35.4 Å². The second-order valence-electron chi connectivity index (χ2n) is 16.6. The van der Waals surface area contributed by atoms with E-state index >= 15 is 0 Å². The summed E-state index contributed by atoms with van der Waals surface area (Å²) in [7, 11) is 2.78. The lowest BCUT2D eigenvalue weighted by Gasteiger charge is -2.64. The molecule has 1 aromatic rings. The minimum atomic E-state index is -1.58. The van der Waals surface area contributed by atoms with Gasteiger partial charge < -0.3 is 54.0 Å². The summed E-state index contributed by atoms with van der Waals surface area (Å²) in [6.45, 7) is 4.53. The molecular weight excluding hydrogens is 688 g/mol. The molecular formula is C40H54O13. The van der Waals surface area contributed by atoms with Crippen molar-refractivity contribution in [2.45, 2.75) is 114 Å². The Kier molecular flexibility index (Phi) is 10.4. The minimum absolute atomic E-state index is 0.00598. The molecule has 4 saturated carbocycles. The average molecular weight is 743 g/mol. The lowest BCUT2D eigenvalue weighted by Crippen LogP contribution is -2.63. The Morgan fingerprint density at radius 3 is 2.36 bits per heavy atom. The lowest BCUT2D eigenvalue weighted by atomic mass is 9.43. The number of methoxy groups -OCH3 is 2. The maximum atomic E-state index is 12.6. The van der Waals surface area contributed by atoms with Gasteiger partial charge in [0.05, 0.1) is 25.9 Å². The smallest absolute Gasteiger partial charge is 0.331 e. The number of fused-ring (bicyclic) bond motifs is 5. The molecule has 7 rings (SSSR count). The van der Waals surface area contributed by atoms with Crippen molar-refractivity contribution in [2.24, 2.45) is 34.5 Å². The predicted octanol–water partition coefficient (Wildman–Crippen LogP) is 3.42. The van der Waals surface area contributed by atoms with Gasteiger partial charge in [0, 0.05) is 17.6 Å². The van der Waals surface area contributed by atoms with Crippen molar-refractivity contribution in [3.63, 3.8) is 0 Å². The Morgan fingerprint density at radius 2 is 1.68 bits per heavy atom. The number of aromatic hydroxyl groups is 1. The van der Waals surface area contributed by atoms with Crippen LogP contribution in [0.15, 0.2) is 29.9 Å². The molecule has 4 aliphatic carbocycles.